The Morgan fingerprint density at radius 3 is 2.44 bits per heavy atom. The van der Waals surface area contributed by atoms with Crippen molar-refractivity contribution in [3.05, 3.63) is 90.2 Å². The minimum Gasteiger partial charge on any atom is -0.490 e. The van der Waals surface area contributed by atoms with Gasteiger partial charge in [0.25, 0.3) is 0 Å². The number of nitriles is 1. The number of benzene rings is 3. The number of halogens is 1. The number of carbonyl (C=O) groups is 1. The lowest BCUT2D eigenvalue weighted by Crippen LogP contribution is -2.14. The lowest BCUT2D eigenvalue weighted by Gasteiger charge is -2.11. The van der Waals surface area contributed by atoms with E-state index in [0.717, 1.165) is 17.4 Å². The molecule has 1 aromatic heterocycles. The lowest BCUT2D eigenvalue weighted by molar-refractivity contribution is -0.141. The fourth-order valence-electron chi connectivity index (χ4n) is 3.10. The van der Waals surface area contributed by atoms with E-state index in [2.05, 4.69) is 10.2 Å². The van der Waals surface area contributed by atoms with Crippen LogP contribution in [0.4, 0.5) is 4.39 Å². The summed E-state index contributed by atoms with van der Waals surface area (Å²) >= 11 is 1.15. The standard InChI is InChI=1S/C25H19FN4O3S/c26-22-9-5-4-8-21(22)24-28-29-25(30(24)19-6-2-1-3-7-19)34-17-23(31)33-15-14-32-20-12-10-18(16-27)11-13-20/h1-13H,14-15,17H2. The Labute approximate surface area is 199 Å². The van der Waals surface area contributed by atoms with Gasteiger partial charge >= 0.3 is 5.97 Å². The maximum Gasteiger partial charge on any atom is 0.316 e. The third-order valence-electron chi connectivity index (χ3n) is 4.68. The van der Waals surface area contributed by atoms with Crippen LogP contribution in [0.25, 0.3) is 17.1 Å². The van der Waals surface area contributed by atoms with Crippen LogP contribution in [0, 0.1) is 17.1 Å². The van der Waals surface area contributed by atoms with Gasteiger partial charge in [0.2, 0.25) is 0 Å². The summed E-state index contributed by atoms with van der Waals surface area (Å²) in [6.07, 6.45) is 0. The highest BCUT2D eigenvalue weighted by atomic mass is 32.2. The zero-order valence-electron chi connectivity index (χ0n) is 17.9. The van der Waals surface area contributed by atoms with Crippen LogP contribution in [-0.4, -0.2) is 39.7 Å². The molecule has 0 unspecified atom stereocenters. The number of aromatic nitrogens is 3. The molecule has 0 fully saturated rings. The van der Waals surface area contributed by atoms with E-state index >= 15 is 0 Å². The molecule has 1 heterocycles. The van der Waals surface area contributed by atoms with Gasteiger partial charge in [0, 0.05) is 5.69 Å². The van der Waals surface area contributed by atoms with Crippen molar-refractivity contribution in [2.45, 2.75) is 5.16 Å². The maximum absolute atomic E-state index is 14.4. The number of nitrogens with zero attached hydrogens (tertiary/aromatic N) is 4. The van der Waals surface area contributed by atoms with E-state index in [9.17, 15) is 9.18 Å². The molecule has 0 bridgehead atoms. The summed E-state index contributed by atoms with van der Waals surface area (Å²) < 4.78 is 26.9. The quantitative estimate of drug-likeness (QED) is 0.198. The van der Waals surface area contributed by atoms with Crippen LogP contribution in [0.1, 0.15) is 5.56 Å². The largest absolute Gasteiger partial charge is 0.490 e. The molecule has 4 aromatic rings. The second-order valence-electron chi connectivity index (χ2n) is 6.95. The molecule has 0 saturated carbocycles. The topological polar surface area (TPSA) is 90.0 Å². The van der Waals surface area contributed by atoms with Crippen molar-refractivity contribution in [2.75, 3.05) is 19.0 Å². The van der Waals surface area contributed by atoms with Gasteiger partial charge in [0.15, 0.2) is 11.0 Å². The number of rotatable bonds is 9. The number of ether oxygens (including phenoxy) is 2. The van der Waals surface area contributed by atoms with Gasteiger partial charge in [-0.1, -0.05) is 42.1 Å². The van der Waals surface area contributed by atoms with Gasteiger partial charge in [-0.3, -0.25) is 9.36 Å². The van der Waals surface area contributed by atoms with Crippen LogP contribution >= 0.6 is 11.8 Å². The van der Waals surface area contributed by atoms with E-state index in [1.165, 1.54) is 6.07 Å². The Bertz CT molecular complexity index is 1300. The van der Waals surface area contributed by atoms with Crippen molar-refractivity contribution in [1.29, 1.82) is 5.26 Å². The van der Waals surface area contributed by atoms with Gasteiger partial charge < -0.3 is 9.47 Å². The molecule has 7 nitrogen and oxygen atoms in total. The number of hydrogen-bond acceptors (Lipinski definition) is 7. The van der Waals surface area contributed by atoms with Gasteiger partial charge in [0.05, 0.1) is 22.9 Å². The molecule has 0 aliphatic heterocycles. The van der Waals surface area contributed by atoms with Crippen LogP contribution in [0.5, 0.6) is 5.75 Å². The summed E-state index contributed by atoms with van der Waals surface area (Å²) in [5.74, 6) is 0.0740. The average molecular weight is 475 g/mol. The number of esters is 1. The second-order valence-corrected chi connectivity index (χ2v) is 7.89. The molecular formula is C25H19FN4O3S. The number of carbonyl (C=O) groups excluding carboxylic acids is 1. The fraction of sp³-hybridized carbons (Fsp3) is 0.120. The predicted octanol–water partition coefficient (Wildman–Crippen LogP) is 4.66. The van der Waals surface area contributed by atoms with Gasteiger partial charge in [-0.2, -0.15) is 5.26 Å². The molecule has 34 heavy (non-hydrogen) atoms. The lowest BCUT2D eigenvalue weighted by atomic mass is 10.2. The Balaban J connectivity index is 1.38. The normalized spacial score (nSPS) is 10.5. The Kier molecular flexibility index (Phi) is 7.53. The van der Waals surface area contributed by atoms with Crippen LogP contribution in [0.15, 0.2) is 84.0 Å². The molecular weight excluding hydrogens is 455 g/mol. The van der Waals surface area contributed by atoms with Crippen LogP contribution < -0.4 is 4.74 Å². The summed E-state index contributed by atoms with van der Waals surface area (Å²) in [7, 11) is 0. The van der Waals surface area contributed by atoms with E-state index in [1.807, 2.05) is 36.4 Å². The van der Waals surface area contributed by atoms with E-state index in [4.69, 9.17) is 14.7 Å². The van der Waals surface area contributed by atoms with Crippen molar-refractivity contribution < 1.29 is 18.7 Å². The smallest absolute Gasteiger partial charge is 0.316 e. The molecule has 0 spiro atoms. The Morgan fingerprint density at radius 2 is 1.71 bits per heavy atom. The van der Waals surface area contributed by atoms with Gasteiger partial charge in [-0.25, -0.2) is 4.39 Å². The molecule has 0 atom stereocenters. The van der Waals surface area contributed by atoms with Crippen molar-refractivity contribution in [2.24, 2.45) is 0 Å². The first kappa shape index (κ1) is 23.0. The number of para-hydroxylation sites is 1. The molecule has 0 aliphatic rings. The molecule has 170 valence electrons. The molecule has 4 rings (SSSR count). The summed E-state index contributed by atoms with van der Waals surface area (Å²) in [5, 5.41) is 17.6. The Hall–Kier alpha value is -4.16. The van der Waals surface area contributed by atoms with E-state index in [-0.39, 0.29) is 19.0 Å². The van der Waals surface area contributed by atoms with Crippen LogP contribution in [0.2, 0.25) is 0 Å². The van der Waals surface area contributed by atoms with E-state index in [1.54, 1.807) is 47.0 Å². The summed E-state index contributed by atoms with van der Waals surface area (Å²) in [4.78, 5) is 12.2. The van der Waals surface area contributed by atoms with Crippen LogP contribution in [0.3, 0.4) is 0 Å². The minimum atomic E-state index is -0.441. The molecule has 9 heteroatoms. The van der Waals surface area contributed by atoms with E-state index < -0.39 is 11.8 Å². The highest BCUT2D eigenvalue weighted by Crippen LogP contribution is 2.29. The maximum atomic E-state index is 14.4. The molecule has 0 amide bonds. The van der Waals surface area contributed by atoms with Crippen molar-refractivity contribution in [1.82, 2.24) is 14.8 Å². The number of hydrogen-bond donors (Lipinski definition) is 0. The predicted molar refractivity (Wildman–Crippen MR) is 125 cm³/mol. The molecule has 0 radical (unpaired) electrons. The monoisotopic (exact) mass is 474 g/mol. The molecule has 0 N–H and O–H groups in total. The van der Waals surface area contributed by atoms with Gasteiger partial charge in [-0.05, 0) is 48.5 Å². The Morgan fingerprint density at radius 1 is 0.971 bits per heavy atom. The van der Waals surface area contributed by atoms with Crippen LogP contribution in [-0.2, 0) is 9.53 Å². The zero-order chi connectivity index (χ0) is 23.8. The first-order valence-corrected chi connectivity index (χ1v) is 11.3. The van der Waals surface area contributed by atoms with E-state index in [0.29, 0.717) is 27.9 Å². The SMILES string of the molecule is N#Cc1ccc(OCCOC(=O)CSc2nnc(-c3ccccc3F)n2-c2ccccc2)cc1. The average Bonchev–Trinajstić information content (AvgIpc) is 3.30. The second kappa shape index (κ2) is 11.1. The third-order valence-corrected chi connectivity index (χ3v) is 5.58. The summed E-state index contributed by atoms with van der Waals surface area (Å²) in [6.45, 7) is 0.255. The first-order valence-electron chi connectivity index (χ1n) is 10.3. The minimum absolute atomic E-state index is 0.000888. The fourth-order valence-corrected chi connectivity index (χ4v) is 3.85. The molecule has 0 aliphatic carbocycles. The van der Waals surface area contributed by atoms with Gasteiger partial charge in [0.1, 0.15) is 24.8 Å². The number of thioether (sulfide) groups is 1. The third kappa shape index (κ3) is 5.60. The van der Waals surface area contributed by atoms with Gasteiger partial charge in [-0.15, -0.1) is 10.2 Å². The highest BCUT2D eigenvalue weighted by molar-refractivity contribution is 7.99. The zero-order valence-corrected chi connectivity index (χ0v) is 18.7. The first-order chi connectivity index (χ1) is 16.7. The highest BCUT2D eigenvalue weighted by Gasteiger charge is 2.19. The molecule has 3 aromatic carbocycles. The molecule has 0 saturated heterocycles. The van der Waals surface area contributed by atoms with Crippen molar-refractivity contribution in [3.63, 3.8) is 0 Å². The van der Waals surface area contributed by atoms with Crippen molar-refractivity contribution >= 4 is 17.7 Å². The van der Waals surface area contributed by atoms with Crippen molar-refractivity contribution in [3.8, 4) is 28.9 Å². The summed E-state index contributed by atoms with van der Waals surface area (Å²) in [6, 6.07) is 24.3. The summed E-state index contributed by atoms with van der Waals surface area (Å²) in [5.41, 5.74) is 1.60.